The van der Waals surface area contributed by atoms with E-state index in [2.05, 4.69) is 20.4 Å². The number of hydrogen-bond acceptors (Lipinski definition) is 6. The van der Waals surface area contributed by atoms with Gasteiger partial charge in [0.1, 0.15) is 11.6 Å². The Morgan fingerprint density at radius 1 is 1.42 bits per heavy atom. The molecule has 2 aromatic heterocycles. The van der Waals surface area contributed by atoms with Gasteiger partial charge in [0.2, 0.25) is 0 Å². The summed E-state index contributed by atoms with van der Waals surface area (Å²) < 4.78 is 18.3. The summed E-state index contributed by atoms with van der Waals surface area (Å²) in [5.74, 6) is 0.0391. The van der Waals surface area contributed by atoms with Crippen LogP contribution in [0.5, 0.6) is 0 Å². The van der Waals surface area contributed by atoms with E-state index in [4.69, 9.17) is 4.52 Å². The lowest BCUT2D eigenvalue weighted by molar-refractivity contribution is 0.101. The SMILES string of the molecule is Cc1cc(C(=O)Nc2nc3c(s2)CN(Cc2cccc(F)c2)CC3)no1. The van der Waals surface area contributed by atoms with E-state index in [9.17, 15) is 9.18 Å². The highest BCUT2D eigenvalue weighted by Gasteiger charge is 2.22. The van der Waals surface area contributed by atoms with Gasteiger partial charge in [-0.1, -0.05) is 17.3 Å². The van der Waals surface area contributed by atoms with Crippen molar-refractivity contribution in [1.82, 2.24) is 15.0 Å². The van der Waals surface area contributed by atoms with Crippen molar-refractivity contribution in [3.63, 3.8) is 0 Å². The molecule has 4 rings (SSSR count). The molecule has 0 saturated heterocycles. The van der Waals surface area contributed by atoms with Crippen molar-refractivity contribution < 1.29 is 13.7 Å². The zero-order valence-electron chi connectivity index (χ0n) is 14.2. The van der Waals surface area contributed by atoms with Crippen molar-refractivity contribution in [2.24, 2.45) is 0 Å². The molecule has 1 aliphatic rings. The van der Waals surface area contributed by atoms with Gasteiger partial charge in [0.15, 0.2) is 10.8 Å². The first-order valence-corrected chi connectivity index (χ1v) is 9.08. The number of nitrogens with zero attached hydrogens (tertiary/aromatic N) is 3. The third-order valence-electron chi connectivity index (χ3n) is 4.19. The molecule has 0 saturated carbocycles. The van der Waals surface area contributed by atoms with Crippen LogP contribution < -0.4 is 5.32 Å². The third-order valence-corrected chi connectivity index (χ3v) is 5.18. The molecule has 8 heteroatoms. The van der Waals surface area contributed by atoms with Crippen LogP contribution in [0, 0.1) is 12.7 Å². The number of carbonyl (C=O) groups excluding carboxylic acids is 1. The van der Waals surface area contributed by atoms with Crippen LogP contribution in [0.2, 0.25) is 0 Å². The number of rotatable bonds is 4. The predicted octanol–water partition coefficient (Wildman–Crippen LogP) is 3.39. The summed E-state index contributed by atoms with van der Waals surface area (Å²) in [5, 5.41) is 7.05. The maximum Gasteiger partial charge on any atom is 0.279 e. The molecule has 0 spiro atoms. The van der Waals surface area contributed by atoms with Crippen molar-refractivity contribution in [1.29, 1.82) is 0 Å². The second-order valence-corrected chi connectivity index (χ2v) is 7.34. The monoisotopic (exact) mass is 372 g/mol. The fourth-order valence-corrected chi connectivity index (χ4v) is 4.01. The van der Waals surface area contributed by atoms with Crippen molar-refractivity contribution in [3.8, 4) is 0 Å². The Kier molecular flexibility index (Phi) is 4.52. The van der Waals surface area contributed by atoms with Gasteiger partial charge in [0.25, 0.3) is 5.91 Å². The summed E-state index contributed by atoms with van der Waals surface area (Å²) in [6.45, 7) is 4.01. The second kappa shape index (κ2) is 6.97. The van der Waals surface area contributed by atoms with Crippen molar-refractivity contribution >= 4 is 22.4 Å². The highest BCUT2D eigenvalue weighted by Crippen LogP contribution is 2.29. The van der Waals surface area contributed by atoms with E-state index in [0.29, 0.717) is 17.4 Å². The first-order valence-electron chi connectivity index (χ1n) is 8.27. The van der Waals surface area contributed by atoms with E-state index in [1.165, 1.54) is 17.4 Å². The van der Waals surface area contributed by atoms with Crippen LogP contribution in [0.15, 0.2) is 34.9 Å². The summed E-state index contributed by atoms with van der Waals surface area (Å²) in [6, 6.07) is 8.26. The quantitative estimate of drug-likeness (QED) is 0.760. The fourth-order valence-electron chi connectivity index (χ4n) is 2.96. The molecule has 1 N–H and O–H groups in total. The van der Waals surface area contributed by atoms with Crippen molar-refractivity contribution in [2.45, 2.75) is 26.4 Å². The molecule has 0 bridgehead atoms. The summed E-state index contributed by atoms with van der Waals surface area (Å²) in [4.78, 5) is 20.1. The number of nitrogens with one attached hydrogen (secondary N) is 1. The minimum Gasteiger partial charge on any atom is -0.361 e. The average Bonchev–Trinajstić information content (AvgIpc) is 3.20. The van der Waals surface area contributed by atoms with Gasteiger partial charge < -0.3 is 4.52 Å². The molecule has 0 unspecified atom stereocenters. The number of amides is 1. The Labute approximate surface area is 153 Å². The molecule has 0 atom stereocenters. The summed E-state index contributed by atoms with van der Waals surface area (Å²) in [6.07, 6.45) is 0.806. The number of aryl methyl sites for hydroxylation is 1. The van der Waals surface area contributed by atoms with Gasteiger partial charge in [-0.2, -0.15) is 0 Å². The first kappa shape index (κ1) is 16.9. The fraction of sp³-hybridized carbons (Fsp3) is 0.278. The lowest BCUT2D eigenvalue weighted by Crippen LogP contribution is -2.29. The smallest absolute Gasteiger partial charge is 0.279 e. The number of halogens is 1. The number of aromatic nitrogens is 2. The van der Waals surface area contributed by atoms with Gasteiger partial charge in [-0.25, -0.2) is 9.37 Å². The maximum absolute atomic E-state index is 13.3. The Bertz CT molecular complexity index is 952. The van der Waals surface area contributed by atoms with E-state index < -0.39 is 0 Å². The van der Waals surface area contributed by atoms with Gasteiger partial charge >= 0.3 is 0 Å². The van der Waals surface area contributed by atoms with E-state index in [-0.39, 0.29) is 17.4 Å². The normalized spacial score (nSPS) is 14.2. The van der Waals surface area contributed by atoms with Gasteiger partial charge in [-0.05, 0) is 24.6 Å². The molecule has 26 heavy (non-hydrogen) atoms. The van der Waals surface area contributed by atoms with Gasteiger partial charge in [-0.15, -0.1) is 11.3 Å². The molecular weight excluding hydrogens is 355 g/mol. The molecule has 0 radical (unpaired) electrons. The number of anilines is 1. The number of fused-ring (bicyclic) bond motifs is 1. The zero-order valence-corrected chi connectivity index (χ0v) is 15.0. The van der Waals surface area contributed by atoms with Gasteiger partial charge in [0.05, 0.1) is 5.69 Å². The molecule has 3 aromatic rings. The van der Waals surface area contributed by atoms with E-state index >= 15 is 0 Å². The van der Waals surface area contributed by atoms with Crippen LogP contribution >= 0.6 is 11.3 Å². The molecular formula is C18H17FN4O2S. The summed E-state index contributed by atoms with van der Waals surface area (Å²) in [7, 11) is 0. The van der Waals surface area contributed by atoms with E-state index in [0.717, 1.165) is 35.6 Å². The van der Waals surface area contributed by atoms with Gasteiger partial charge in [-0.3, -0.25) is 15.0 Å². The minimum atomic E-state index is -0.329. The molecule has 1 amide bonds. The number of thiazole rings is 1. The number of benzene rings is 1. The molecule has 1 aliphatic heterocycles. The lowest BCUT2D eigenvalue weighted by Gasteiger charge is -2.25. The van der Waals surface area contributed by atoms with Gasteiger partial charge in [0, 0.05) is 37.0 Å². The molecule has 0 fully saturated rings. The highest BCUT2D eigenvalue weighted by molar-refractivity contribution is 7.15. The summed E-state index contributed by atoms with van der Waals surface area (Å²) >= 11 is 1.47. The predicted molar refractivity (Wildman–Crippen MR) is 95.5 cm³/mol. The zero-order chi connectivity index (χ0) is 18.1. The van der Waals surface area contributed by atoms with Crippen LogP contribution in [0.1, 0.15) is 32.4 Å². The van der Waals surface area contributed by atoms with E-state index in [1.807, 2.05) is 6.07 Å². The van der Waals surface area contributed by atoms with Crippen LogP contribution in [-0.2, 0) is 19.5 Å². The molecule has 3 heterocycles. The van der Waals surface area contributed by atoms with Crippen LogP contribution in [0.4, 0.5) is 9.52 Å². The van der Waals surface area contributed by atoms with Crippen LogP contribution in [-0.4, -0.2) is 27.5 Å². The third kappa shape index (κ3) is 3.66. The first-order chi connectivity index (χ1) is 12.6. The molecule has 134 valence electrons. The Morgan fingerprint density at radius 3 is 3.08 bits per heavy atom. The Hall–Kier alpha value is -2.58. The second-order valence-electron chi connectivity index (χ2n) is 6.26. The Balaban J connectivity index is 1.43. The van der Waals surface area contributed by atoms with E-state index in [1.54, 1.807) is 25.1 Å². The van der Waals surface area contributed by atoms with Crippen LogP contribution in [0.25, 0.3) is 0 Å². The lowest BCUT2D eigenvalue weighted by atomic mass is 10.1. The molecule has 0 aliphatic carbocycles. The highest BCUT2D eigenvalue weighted by atomic mass is 32.1. The Morgan fingerprint density at radius 2 is 2.31 bits per heavy atom. The molecule has 1 aromatic carbocycles. The summed E-state index contributed by atoms with van der Waals surface area (Å²) in [5.41, 5.74) is 2.20. The van der Waals surface area contributed by atoms with Crippen molar-refractivity contribution in [3.05, 3.63) is 63.7 Å². The topological polar surface area (TPSA) is 71.3 Å². The number of carbonyl (C=O) groups is 1. The average molecular weight is 372 g/mol. The largest absolute Gasteiger partial charge is 0.361 e. The number of hydrogen-bond donors (Lipinski definition) is 1. The maximum atomic E-state index is 13.3. The minimum absolute atomic E-state index is 0.217. The van der Waals surface area contributed by atoms with Crippen LogP contribution in [0.3, 0.4) is 0 Å². The molecule has 6 nitrogen and oxygen atoms in total. The standard InChI is InChI=1S/C18H17FN4O2S/c1-11-7-15(22-25-11)17(24)21-18-20-14-5-6-23(10-16(14)26-18)9-12-3-2-4-13(19)8-12/h2-4,7-8H,5-6,9-10H2,1H3,(H,20,21,24). The van der Waals surface area contributed by atoms with Crippen molar-refractivity contribution in [2.75, 3.05) is 11.9 Å².